The van der Waals surface area contributed by atoms with Gasteiger partial charge in [0.1, 0.15) is 5.82 Å². The first-order valence-corrected chi connectivity index (χ1v) is 6.44. The third-order valence-electron chi connectivity index (χ3n) is 3.53. The summed E-state index contributed by atoms with van der Waals surface area (Å²) < 4.78 is 13.3. The van der Waals surface area contributed by atoms with Gasteiger partial charge in [0.2, 0.25) is 5.91 Å². The molecule has 2 atom stereocenters. The maximum atomic E-state index is 13.3. The Morgan fingerprint density at radius 1 is 1.39 bits per heavy atom. The number of hydrogen-bond donors (Lipinski definition) is 2. The molecule has 3 nitrogen and oxygen atoms in total. The van der Waals surface area contributed by atoms with Crippen LogP contribution in [0.3, 0.4) is 0 Å². The van der Waals surface area contributed by atoms with Crippen LogP contribution >= 0.6 is 0 Å². The summed E-state index contributed by atoms with van der Waals surface area (Å²) in [6.45, 7) is 2.43. The summed E-state index contributed by atoms with van der Waals surface area (Å²) in [7, 11) is 0. The number of halogens is 1. The van der Waals surface area contributed by atoms with E-state index in [1.54, 1.807) is 18.2 Å². The van der Waals surface area contributed by atoms with E-state index in [0.717, 1.165) is 6.42 Å². The molecular weight excluding hydrogens is 231 g/mol. The van der Waals surface area contributed by atoms with Crippen LogP contribution in [-0.2, 0) is 4.79 Å². The van der Waals surface area contributed by atoms with Gasteiger partial charge in [-0.2, -0.15) is 0 Å². The van der Waals surface area contributed by atoms with Crippen LogP contribution in [0.15, 0.2) is 24.3 Å². The molecule has 0 heterocycles. The summed E-state index contributed by atoms with van der Waals surface area (Å²) in [6, 6.07) is 6.61. The first-order valence-electron chi connectivity index (χ1n) is 6.44. The molecule has 0 radical (unpaired) electrons. The molecular formula is C14H19FN2O. The van der Waals surface area contributed by atoms with E-state index in [1.807, 2.05) is 0 Å². The summed E-state index contributed by atoms with van der Waals surface area (Å²) >= 11 is 0. The van der Waals surface area contributed by atoms with Crippen molar-refractivity contribution >= 4 is 11.6 Å². The van der Waals surface area contributed by atoms with E-state index in [2.05, 4.69) is 17.6 Å². The van der Waals surface area contributed by atoms with Crippen LogP contribution < -0.4 is 10.6 Å². The first kappa shape index (κ1) is 13.0. The summed E-state index contributed by atoms with van der Waals surface area (Å²) in [5.41, 5.74) is 0.240. The van der Waals surface area contributed by atoms with Gasteiger partial charge < -0.3 is 10.6 Å². The topological polar surface area (TPSA) is 41.1 Å². The molecule has 4 heteroatoms. The number of carbonyl (C=O) groups is 1. The average Bonchev–Trinajstić information content (AvgIpc) is 2.75. The zero-order valence-electron chi connectivity index (χ0n) is 10.6. The molecule has 1 aliphatic carbocycles. The highest BCUT2D eigenvalue weighted by molar-refractivity contribution is 5.92. The summed E-state index contributed by atoms with van der Waals surface area (Å²) in [5.74, 6) is 0.0190. The number of anilines is 1. The number of para-hydroxylation sites is 1. The molecule has 18 heavy (non-hydrogen) atoms. The van der Waals surface area contributed by atoms with Crippen LogP contribution in [0.25, 0.3) is 0 Å². The minimum absolute atomic E-state index is 0.195. The van der Waals surface area contributed by atoms with Gasteiger partial charge in [-0.25, -0.2) is 4.39 Å². The van der Waals surface area contributed by atoms with Crippen molar-refractivity contribution in [3.63, 3.8) is 0 Å². The van der Waals surface area contributed by atoms with E-state index in [-0.39, 0.29) is 18.1 Å². The Bertz CT molecular complexity index is 422. The normalized spacial score (nSPS) is 23.0. The Hall–Kier alpha value is -1.42. The predicted molar refractivity (Wildman–Crippen MR) is 69.8 cm³/mol. The molecule has 0 bridgehead atoms. The van der Waals surface area contributed by atoms with Gasteiger partial charge in [-0.15, -0.1) is 0 Å². The molecule has 2 unspecified atom stereocenters. The number of benzene rings is 1. The number of carbonyl (C=O) groups excluding carboxylic acids is 1. The number of rotatable bonds is 4. The lowest BCUT2D eigenvalue weighted by Crippen LogP contribution is -2.37. The first-order chi connectivity index (χ1) is 8.66. The molecule has 0 saturated heterocycles. The predicted octanol–water partition coefficient (Wildman–Crippen LogP) is 2.54. The van der Waals surface area contributed by atoms with Crippen molar-refractivity contribution in [3.8, 4) is 0 Å². The standard InChI is InChI=1S/C14H19FN2O/c1-10-5-4-8-12(10)16-9-14(18)17-13-7-3-2-6-11(13)15/h2-3,6-7,10,12,16H,4-5,8-9H2,1H3,(H,17,18). The lowest BCUT2D eigenvalue weighted by Gasteiger charge is -2.16. The van der Waals surface area contributed by atoms with Crippen molar-refractivity contribution in [2.75, 3.05) is 11.9 Å². The van der Waals surface area contributed by atoms with Crippen LogP contribution in [0.2, 0.25) is 0 Å². The van der Waals surface area contributed by atoms with Crippen molar-refractivity contribution in [1.82, 2.24) is 5.32 Å². The van der Waals surface area contributed by atoms with Crippen LogP contribution in [0.4, 0.5) is 10.1 Å². The Kier molecular flexibility index (Phi) is 4.31. The monoisotopic (exact) mass is 250 g/mol. The largest absolute Gasteiger partial charge is 0.322 e. The van der Waals surface area contributed by atoms with Gasteiger partial charge in [0, 0.05) is 6.04 Å². The zero-order chi connectivity index (χ0) is 13.0. The number of hydrogen-bond acceptors (Lipinski definition) is 2. The second-order valence-corrected chi connectivity index (χ2v) is 4.92. The average molecular weight is 250 g/mol. The van der Waals surface area contributed by atoms with E-state index in [1.165, 1.54) is 18.9 Å². The summed E-state index contributed by atoms with van der Waals surface area (Å²) in [5, 5.41) is 5.81. The van der Waals surface area contributed by atoms with Crippen LogP contribution in [0.5, 0.6) is 0 Å². The molecule has 0 spiro atoms. The molecule has 98 valence electrons. The molecule has 0 aromatic heterocycles. The molecule has 0 aliphatic heterocycles. The fourth-order valence-electron chi connectivity index (χ4n) is 2.43. The SMILES string of the molecule is CC1CCCC1NCC(=O)Nc1ccccc1F. The fraction of sp³-hybridized carbons (Fsp3) is 0.500. The van der Waals surface area contributed by atoms with Crippen molar-refractivity contribution in [3.05, 3.63) is 30.1 Å². The van der Waals surface area contributed by atoms with Crippen molar-refractivity contribution in [2.45, 2.75) is 32.2 Å². The quantitative estimate of drug-likeness (QED) is 0.862. The van der Waals surface area contributed by atoms with Gasteiger partial charge in [0.05, 0.1) is 12.2 Å². The smallest absolute Gasteiger partial charge is 0.238 e. The van der Waals surface area contributed by atoms with Gasteiger partial charge >= 0.3 is 0 Å². The molecule has 1 aliphatic rings. The molecule has 1 aromatic carbocycles. The van der Waals surface area contributed by atoms with Gasteiger partial charge in [0.15, 0.2) is 0 Å². The third kappa shape index (κ3) is 3.29. The van der Waals surface area contributed by atoms with E-state index in [9.17, 15) is 9.18 Å². The third-order valence-corrected chi connectivity index (χ3v) is 3.53. The van der Waals surface area contributed by atoms with Crippen molar-refractivity contribution in [1.29, 1.82) is 0 Å². The minimum atomic E-state index is -0.403. The lowest BCUT2D eigenvalue weighted by molar-refractivity contribution is -0.115. The number of nitrogens with one attached hydrogen (secondary N) is 2. The van der Waals surface area contributed by atoms with Crippen LogP contribution in [0, 0.1) is 11.7 Å². The minimum Gasteiger partial charge on any atom is -0.322 e. The van der Waals surface area contributed by atoms with E-state index >= 15 is 0 Å². The van der Waals surface area contributed by atoms with Crippen molar-refractivity contribution in [2.24, 2.45) is 5.92 Å². The lowest BCUT2D eigenvalue weighted by atomic mass is 10.1. The fourth-order valence-corrected chi connectivity index (χ4v) is 2.43. The Morgan fingerprint density at radius 3 is 2.83 bits per heavy atom. The highest BCUT2D eigenvalue weighted by Crippen LogP contribution is 2.24. The van der Waals surface area contributed by atoms with Crippen LogP contribution in [0.1, 0.15) is 26.2 Å². The highest BCUT2D eigenvalue weighted by atomic mass is 19.1. The maximum Gasteiger partial charge on any atom is 0.238 e. The van der Waals surface area contributed by atoms with Crippen LogP contribution in [-0.4, -0.2) is 18.5 Å². The zero-order valence-corrected chi connectivity index (χ0v) is 10.6. The Morgan fingerprint density at radius 2 is 2.17 bits per heavy atom. The molecule has 1 aromatic rings. The van der Waals surface area contributed by atoms with Gasteiger partial charge in [-0.05, 0) is 30.9 Å². The Balaban J connectivity index is 1.80. The van der Waals surface area contributed by atoms with Crippen molar-refractivity contribution < 1.29 is 9.18 Å². The summed E-state index contributed by atoms with van der Waals surface area (Å²) in [4.78, 5) is 11.7. The van der Waals surface area contributed by atoms with E-state index in [4.69, 9.17) is 0 Å². The maximum absolute atomic E-state index is 13.3. The molecule has 1 fully saturated rings. The number of amides is 1. The molecule has 2 N–H and O–H groups in total. The van der Waals surface area contributed by atoms with E-state index in [0.29, 0.717) is 12.0 Å². The molecule has 1 amide bonds. The van der Waals surface area contributed by atoms with Gasteiger partial charge in [0.25, 0.3) is 0 Å². The molecule has 2 rings (SSSR count). The second kappa shape index (κ2) is 5.96. The second-order valence-electron chi connectivity index (χ2n) is 4.92. The Labute approximate surface area is 107 Å². The van der Waals surface area contributed by atoms with Gasteiger partial charge in [-0.1, -0.05) is 25.5 Å². The van der Waals surface area contributed by atoms with E-state index < -0.39 is 5.82 Å². The highest BCUT2D eigenvalue weighted by Gasteiger charge is 2.23. The van der Waals surface area contributed by atoms with Gasteiger partial charge in [-0.3, -0.25) is 4.79 Å². The summed E-state index contributed by atoms with van der Waals surface area (Å²) in [6.07, 6.45) is 3.55. The molecule has 1 saturated carbocycles.